The fourth-order valence-corrected chi connectivity index (χ4v) is 3.74. The van der Waals surface area contributed by atoms with Gasteiger partial charge in [-0.05, 0) is 12.5 Å². The van der Waals surface area contributed by atoms with Crippen LogP contribution in [0.15, 0.2) is 46.5 Å². The molecule has 23 heavy (non-hydrogen) atoms. The molecule has 1 amide bonds. The van der Waals surface area contributed by atoms with Gasteiger partial charge < -0.3 is 4.90 Å². The number of aryl methyl sites for hydroxylation is 1. The van der Waals surface area contributed by atoms with Gasteiger partial charge in [-0.25, -0.2) is 4.98 Å². The van der Waals surface area contributed by atoms with Crippen LogP contribution in [-0.4, -0.2) is 33.2 Å². The molecule has 0 saturated carbocycles. The van der Waals surface area contributed by atoms with Crippen LogP contribution in [0.3, 0.4) is 0 Å². The normalized spacial score (nSPS) is 16.7. The molecule has 1 atom stereocenters. The van der Waals surface area contributed by atoms with Crippen molar-refractivity contribution in [1.29, 1.82) is 0 Å². The van der Waals surface area contributed by atoms with E-state index in [1.165, 1.54) is 11.8 Å². The molecule has 3 rings (SSSR count). The van der Waals surface area contributed by atoms with Crippen LogP contribution in [0.5, 0.6) is 0 Å². The van der Waals surface area contributed by atoms with Crippen LogP contribution in [0, 0.1) is 12.8 Å². The van der Waals surface area contributed by atoms with Gasteiger partial charge in [-0.3, -0.25) is 14.2 Å². The number of nitrogens with zero attached hydrogens (tertiary/aromatic N) is 3. The van der Waals surface area contributed by atoms with Crippen molar-refractivity contribution in [2.45, 2.75) is 25.2 Å². The standard InChI is InChI=1S/C17H19N3O2S/c1-12-8-18-17-20(15(12)21)10-14(11-23-17)16(22)19(2)9-13-6-4-3-5-7-13/h3-8,14H,9-11H2,1-2H3. The van der Waals surface area contributed by atoms with E-state index in [1.807, 2.05) is 37.4 Å². The summed E-state index contributed by atoms with van der Waals surface area (Å²) >= 11 is 1.48. The van der Waals surface area contributed by atoms with Crippen LogP contribution in [0.25, 0.3) is 0 Å². The Kier molecular flexibility index (Phi) is 4.52. The molecule has 0 spiro atoms. The van der Waals surface area contributed by atoms with Crippen molar-refractivity contribution in [2.24, 2.45) is 5.92 Å². The molecular formula is C17H19N3O2S. The number of rotatable bonds is 3. The van der Waals surface area contributed by atoms with Crippen LogP contribution >= 0.6 is 11.8 Å². The van der Waals surface area contributed by atoms with Gasteiger partial charge >= 0.3 is 0 Å². The number of hydrogen-bond acceptors (Lipinski definition) is 4. The quantitative estimate of drug-likeness (QED) is 0.808. The maximum Gasteiger partial charge on any atom is 0.257 e. The number of aromatic nitrogens is 2. The first-order valence-corrected chi connectivity index (χ1v) is 8.53. The third-order valence-corrected chi connectivity index (χ3v) is 5.14. The van der Waals surface area contributed by atoms with E-state index in [9.17, 15) is 9.59 Å². The highest BCUT2D eigenvalue weighted by Gasteiger charge is 2.29. The lowest BCUT2D eigenvalue weighted by Gasteiger charge is -2.28. The smallest absolute Gasteiger partial charge is 0.257 e. The number of benzene rings is 1. The summed E-state index contributed by atoms with van der Waals surface area (Å²) in [5.41, 5.74) is 1.66. The van der Waals surface area contributed by atoms with Crippen LogP contribution in [0.1, 0.15) is 11.1 Å². The fraction of sp³-hybridized carbons (Fsp3) is 0.353. The van der Waals surface area contributed by atoms with E-state index in [0.717, 1.165) is 5.56 Å². The number of hydrogen-bond donors (Lipinski definition) is 0. The molecule has 2 aromatic rings. The van der Waals surface area contributed by atoms with Gasteiger partial charge in [0.25, 0.3) is 5.56 Å². The van der Waals surface area contributed by atoms with Crippen molar-refractivity contribution in [3.05, 3.63) is 58.0 Å². The van der Waals surface area contributed by atoms with Gasteiger partial charge in [-0.1, -0.05) is 42.1 Å². The molecule has 6 heteroatoms. The highest BCUT2D eigenvalue weighted by molar-refractivity contribution is 7.99. The molecular weight excluding hydrogens is 310 g/mol. The molecule has 0 bridgehead atoms. The van der Waals surface area contributed by atoms with Gasteiger partial charge in [0.05, 0.1) is 5.92 Å². The van der Waals surface area contributed by atoms with E-state index in [1.54, 1.807) is 22.6 Å². The molecule has 0 saturated heterocycles. The summed E-state index contributed by atoms with van der Waals surface area (Å²) in [5, 5.41) is 0.704. The second-order valence-corrected chi connectivity index (χ2v) is 6.81. The fourth-order valence-electron chi connectivity index (χ4n) is 2.70. The maximum atomic E-state index is 12.7. The third kappa shape index (κ3) is 3.32. The summed E-state index contributed by atoms with van der Waals surface area (Å²) < 4.78 is 1.63. The molecule has 1 aromatic heterocycles. The van der Waals surface area contributed by atoms with E-state index in [0.29, 0.717) is 29.6 Å². The molecule has 1 aliphatic rings. The SMILES string of the molecule is Cc1cnc2n(c1=O)CC(C(=O)N(C)Cc1ccccc1)CS2. The first-order valence-electron chi connectivity index (χ1n) is 7.54. The minimum absolute atomic E-state index is 0.0503. The first kappa shape index (κ1) is 15.8. The van der Waals surface area contributed by atoms with E-state index in [-0.39, 0.29) is 17.4 Å². The highest BCUT2D eigenvalue weighted by atomic mass is 32.2. The third-order valence-electron chi connectivity index (χ3n) is 3.99. The molecule has 5 nitrogen and oxygen atoms in total. The van der Waals surface area contributed by atoms with E-state index in [2.05, 4.69) is 4.98 Å². The van der Waals surface area contributed by atoms with Crippen molar-refractivity contribution < 1.29 is 4.79 Å². The zero-order valence-corrected chi connectivity index (χ0v) is 14.0. The van der Waals surface area contributed by atoms with Gasteiger partial charge in [-0.15, -0.1) is 0 Å². The Morgan fingerprint density at radius 2 is 2.13 bits per heavy atom. The van der Waals surface area contributed by atoms with Crippen LogP contribution in [-0.2, 0) is 17.9 Å². The summed E-state index contributed by atoms with van der Waals surface area (Å²) in [7, 11) is 1.81. The van der Waals surface area contributed by atoms with Crippen molar-refractivity contribution in [2.75, 3.05) is 12.8 Å². The maximum absolute atomic E-state index is 12.7. The molecule has 0 N–H and O–H groups in total. The molecule has 0 radical (unpaired) electrons. The lowest BCUT2D eigenvalue weighted by molar-refractivity contribution is -0.134. The molecule has 120 valence electrons. The zero-order chi connectivity index (χ0) is 16.4. The molecule has 1 aromatic carbocycles. The molecule has 0 fully saturated rings. The van der Waals surface area contributed by atoms with E-state index < -0.39 is 0 Å². The number of carbonyl (C=O) groups excluding carboxylic acids is 1. The number of thioether (sulfide) groups is 1. The average Bonchev–Trinajstić information content (AvgIpc) is 2.58. The van der Waals surface area contributed by atoms with Crippen molar-refractivity contribution in [3.8, 4) is 0 Å². The Labute approximate surface area is 139 Å². The molecule has 2 heterocycles. The zero-order valence-electron chi connectivity index (χ0n) is 13.2. The number of carbonyl (C=O) groups is 1. The second-order valence-electron chi connectivity index (χ2n) is 5.83. The summed E-state index contributed by atoms with van der Waals surface area (Å²) in [6, 6.07) is 9.91. The average molecular weight is 329 g/mol. The van der Waals surface area contributed by atoms with Gasteiger partial charge in [0.15, 0.2) is 5.16 Å². The Hall–Kier alpha value is -2.08. The van der Waals surface area contributed by atoms with Gasteiger partial charge in [-0.2, -0.15) is 0 Å². The Morgan fingerprint density at radius 1 is 1.39 bits per heavy atom. The van der Waals surface area contributed by atoms with E-state index in [4.69, 9.17) is 0 Å². The van der Waals surface area contributed by atoms with Crippen molar-refractivity contribution >= 4 is 17.7 Å². The topological polar surface area (TPSA) is 55.2 Å². The predicted molar refractivity (Wildman–Crippen MR) is 90.4 cm³/mol. The Morgan fingerprint density at radius 3 is 2.87 bits per heavy atom. The number of fused-ring (bicyclic) bond motifs is 1. The minimum Gasteiger partial charge on any atom is -0.341 e. The molecule has 0 aliphatic carbocycles. The lowest BCUT2D eigenvalue weighted by atomic mass is 10.1. The van der Waals surface area contributed by atoms with Gasteiger partial charge in [0, 0.05) is 37.7 Å². The Bertz CT molecular complexity index is 773. The van der Waals surface area contributed by atoms with Crippen molar-refractivity contribution in [1.82, 2.24) is 14.5 Å². The van der Waals surface area contributed by atoms with Gasteiger partial charge in [0.2, 0.25) is 5.91 Å². The monoisotopic (exact) mass is 329 g/mol. The van der Waals surface area contributed by atoms with Gasteiger partial charge in [0.1, 0.15) is 0 Å². The largest absolute Gasteiger partial charge is 0.341 e. The predicted octanol–water partition coefficient (Wildman–Crippen LogP) is 1.93. The lowest BCUT2D eigenvalue weighted by Crippen LogP contribution is -2.40. The second kappa shape index (κ2) is 6.58. The summed E-state index contributed by atoms with van der Waals surface area (Å²) in [5.74, 6) is 0.538. The minimum atomic E-state index is -0.192. The summed E-state index contributed by atoms with van der Waals surface area (Å²) in [6.07, 6.45) is 1.60. The summed E-state index contributed by atoms with van der Waals surface area (Å²) in [4.78, 5) is 30.9. The highest BCUT2D eigenvalue weighted by Crippen LogP contribution is 2.26. The molecule has 1 aliphatic heterocycles. The number of amides is 1. The van der Waals surface area contributed by atoms with Crippen LogP contribution < -0.4 is 5.56 Å². The van der Waals surface area contributed by atoms with Crippen LogP contribution in [0.4, 0.5) is 0 Å². The molecule has 1 unspecified atom stereocenters. The van der Waals surface area contributed by atoms with E-state index >= 15 is 0 Å². The van der Waals surface area contributed by atoms with Crippen molar-refractivity contribution in [3.63, 3.8) is 0 Å². The summed E-state index contributed by atoms with van der Waals surface area (Å²) in [6.45, 7) is 2.74. The Balaban J connectivity index is 1.74. The first-order chi connectivity index (χ1) is 11.1. The van der Waals surface area contributed by atoms with Crippen LogP contribution in [0.2, 0.25) is 0 Å².